The number of rotatable bonds is 8. The van der Waals surface area contributed by atoms with Crippen LogP contribution in [0, 0.1) is 5.92 Å². The van der Waals surface area contributed by atoms with Crippen LogP contribution < -0.4 is 9.47 Å². The summed E-state index contributed by atoms with van der Waals surface area (Å²) < 4.78 is 16.8. The molecule has 1 atom stereocenters. The molecule has 1 aromatic rings. The first kappa shape index (κ1) is 21.2. The van der Waals surface area contributed by atoms with Gasteiger partial charge in [-0.25, -0.2) is 4.79 Å². The van der Waals surface area contributed by atoms with Gasteiger partial charge in [0.2, 0.25) is 0 Å². The first-order chi connectivity index (χ1) is 14.0. The Morgan fingerprint density at radius 1 is 1.14 bits per heavy atom. The first-order valence-corrected chi connectivity index (χ1v) is 10.5. The van der Waals surface area contributed by atoms with Crippen LogP contribution in [-0.4, -0.2) is 42.6 Å². The summed E-state index contributed by atoms with van der Waals surface area (Å²) in [7, 11) is 1.38. The van der Waals surface area contributed by atoms with Crippen LogP contribution in [0.2, 0.25) is 0 Å². The molecule has 1 aliphatic carbocycles. The number of esters is 1. The summed E-state index contributed by atoms with van der Waals surface area (Å²) in [6, 6.07) is 6.81. The fourth-order valence-corrected chi connectivity index (χ4v) is 4.09. The van der Waals surface area contributed by atoms with Crippen molar-refractivity contribution in [2.75, 3.05) is 13.7 Å². The van der Waals surface area contributed by atoms with Crippen molar-refractivity contribution in [3.8, 4) is 11.5 Å². The van der Waals surface area contributed by atoms with Crippen molar-refractivity contribution in [3.05, 3.63) is 36.1 Å². The maximum absolute atomic E-state index is 12.7. The average molecular weight is 402 g/mol. The molecule has 1 fully saturated rings. The van der Waals surface area contributed by atoms with E-state index in [-0.39, 0.29) is 24.5 Å². The molecule has 0 bridgehead atoms. The van der Waals surface area contributed by atoms with Crippen molar-refractivity contribution >= 4 is 11.9 Å². The zero-order valence-electron chi connectivity index (χ0n) is 17.6. The molecule has 3 rings (SSSR count). The highest BCUT2D eigenvalue weighted by molar-refractivity contribution is 5.94. The summed E-state index contributed by atoms with van der Waals surface area (Å²) in [4.78, 5) is 26.7. The predicted molar refractivity (Wildman–Crippen MR) is 110 cm³/mol. The van der Waals surface area contributed by atoms with Crippen LogP contribution in [0.15, 0.2) is 36.1 Å². The Kier molecular flexibility index (Phi) is 7.18. The number of amides is 1. The van der Waals surface area contributed by atoms with Gasteiger partial charge in [-0.15, -0.1) is 0 Å². The van der Waals surface area contributed by atoms with Crippen LogP contribution in [0.3, 0.4) is 0 Å². The molecule has 0 spiro atoms. The Bertz CT molecular complexity index is 751. The lowest BCUT2D eigenvalue weighted by Gasteiger charge is -2.30. The fraction of sp³-hybridized carbons (Fsp3) is 0.565. The van der Waals surface area contributed by atoms with Gasteiger partial charge in [0.05, 0.1) is 19.8 Å². The molecule has 0 aromatic heterocycles. The number of nitrogens with zero attached hydrogens (tertiary/aromatic N) is 1. The van der Waals surface area contributed by atoms with E-state index in [1.54, 1.807) is 4.90 Å². The van der Waals surface area contributed by atoms with E-state index in [4.69, 9.17) is 14.2 Å². The highest BCUT2D eigenvalue weighted by atomic mass is 16.5. The number of hydrogen-bond donors (Lipinski definition) is 0. The lowest BCUT2D eigenvalue weighted by Crippen LogP contribution is -2.44. The molecule has 1 unspecified atom stereocenters. The molecule has 6 nitrogen and oxygen atoms in total. The Morgan fingerprint density at radius 3 is 2.48 bits per heavy atom. The smallest absolute Gasteiger partial charge is 0.328 e. The van der Waals surface area contributed by atoms with Crippen LogP contribution in [0.5, 0.6) is 11.5 Å². The highest BCUT2D eigenvalue weighted by Crippen LogP contribution is 2.33. The minimum atomic E-state index is -0.574. The van der Waals surface area contributed by atoms with Gasteiger partial charge >= 0.3 is 5.97 Å². The van der Waals surface area contributed by atoms with Crippen LogP contribution in [-0.2, 0) is 14.3 Å². The third-order valence-corrected chi connectivity index (χ3v) is 5.48. The number of para-hydroxylation sites is 2. The minimum absolute atomic E-state index is 0.00892. The zero-order chi connectivity index (χ0) is 20.8. The Balaban J connectivity index is 1.70. The van der Waals surface area contributed by atoms with E-state index in [0.717, 1.165) is 12.8 Å². The van der Waals surface area contributed by atoms with Gasteiger partial charge in [0.25, 0.3) is 5.91 Å². The Morgan fingerprint density at radius 2 is 1.83 bits per heavy atom. The molecule has 158 valence electrons. The zero-order valence-corrected chi connectivity index (χ0v) is 17.6. The standard InChI is InChI=1S/C23H31NO5/c1-16(2)28-20-11-7-8-12-21(20)29-18-14-22(25)24(15-18)19(23(26)27-3)13-17-9-5-4-6-10-17/h7-8,11-12,14,16-17,19H,4-6,9-10,13,15H2,1-3H3. The molecule has 1 aliphatic heterocycles. The van der Waals surface area contributed by atoms with E-state index < -0.39 is 6.04 Å². The molecule has 29 heavy (non-hydrogen) atoms. The maximum atomic E-state index is 12.7. The summed E-state index contributed by atoms with van der Waals surface area (Å²) >= 11 is 0. The van der Waals surface area contributed by atoms with Gasteiger partial charge in [-0.3, -0.25) is 4.79 Å². The molecule has 1 heterocycles. The van der Waals surface area contributed by atoms with Gasteiger partial charge in [-0.05, 0) is 38.3 Å². The summed E-state index contributed by atoms with van der Waals surface area (Å²) in [5.41, 5.74) is 0. The number of methoxy groups -OCH3 is 1. The van der Waals surface area contributed by atoms with Crippen LogP contribution in [0.25, 0.3) is 0 Å². The quantitative estimate of drug-likeness (QED) is 0.614. The van der Waals surface area contributed by atoms with Gasteiger partial charge in [-0.1, -0.05) is 44.2 Å². The predicted octanol–water partition coefficient (Wildman–Crippen LogP) is 4.09. The molecule has 0 radical (unpaired) electrons. The molecular formula is C23H31NO5. The molecule has 1 aromatic carbocycles. The summed E-state index contributed by atoms with van der Waals surface area (Å²) in [5, 5.41) is 0. The summed E-state index contributed by atoms with van der Waals surface area (Å²) in [5.74, 6) is 1.57. The van der Waals surface area contributed by atoms with E-state index in [2.05, 4.69) is 0 Å². The number of carbonyl (C=O) groups excluding carboxylic acids is 2. The molecule has 0 saturated heterocycles. The molecular weight excluding hydrogens is 370 g/mol. The second-order valence-electron chi connectivity index (χ2n) is 8.07. The molecule has 0 N–H and O–H groups in total. The normalized spacial score (nSPS) is 18.6. The van der Waals surface area contributed by atoms with Crippen LogP contribution >= 0.6 is 0 Å². The number of hydrogen-bond acceptors (Lipinski definition) is 5. The van der Waals surface area contributed by atoms with Crippen molar-refractivity contribution < 1.29 is 23.8 Å². The van der Waals surface area contributed by atoms with Gasteiger partial charge in [0.1, 0.15) is 11.8 Å². The van der Waals surface area contributed by atoms with Crippen molar-refractivity contribution in [1.29, 1.82) is 0 Å². The summed E-state index contributed by atoms with van der Waals surface area (Å²) in [6.07, 6.45) is 7.94. The number of ether oxygens (including phenoxy) is 3. The SMILES string of the molecule is COC(=O)C(CC1CCCCC1)N1CC(Oc2ccccc2OC(C)C)=CC1=O. The molecule has 1 amide bonds. The lowest BCUT2D eigenvalue weighted by molar-refractivity contribution is -0.151. The lowest BCUT2D eigenvalue weighted by atomic mass is 9.84. The van der Waals surface area contributed by atoms with Crippen molar-refractivity contribution in [2.24, 2.45) is 5.92 Å². The van der Waals surface area contributed by atoms with Gasteiger partial charge in [-0.2, -0.15) is 0 Å². The highest BCUT2D eigenvalue weighted by Gasteiger charge is 2.36. The van der Waals surface area contributed by atoms with Crippen molar-refractivity contribution in [3.63, 3.8) is 0 Å². The van der Waals surface area contributed by atoms with Crippen molar-refractivity contribution in [1.82, 2.24) is 4.90 Å². The topological polar surface area (TPSA) is 65.1 Å². The first-order valence-electron chi connectivity index (χ1n) is 10.5. The van der Waals surface area contributed by atoms with E-state index in [0.29, 0.717) is 29.6 Å². The second-order valence-corrected chi connectivity index (χ2v) is 8.07. The maximum Gasteiger partial charge on any atom is 0.328 e. The summed E-state index contributed by atoms with van der Waals surface area (Å²) in [6.45, 7) is 4.15. The van der Waals surface area contributed by atoms with Gasteiger partial charge in [0, 0.05) is 6.08 Å². The van der Waals surface area contributed by atoms with E-state index in [9.17, 15) is 9.59 Å². The monoisotopic (exact) mass is 401 g/mol. The van der Waals surface area contributed by atoms with Crippen LogP contribution in [0.1, 0.15) is 52.4 Å². The minimum Gasteiger partial charge on any atom is -0.487 e. The van der Waals surface area contributed by atoms with Crippen molar-refractivity contribution in [2.45, 2.75) is 64.5 Å². The third kappa shape index (κ3) is 5.52. The van der Waals surface area contributed by atoms with Gasteiger partial charge < -0.3 is 19.1 Å². The third-order valence-electron chi connectivity index (χ3n) is 5.48. The fourth-order valence-electron chi connectivity index (χ4n) is 4.09. The molecule has 6 heteroatoms. The molecule has 1 saturated carbocycles. The van der Waals surface area contributed by atoms with E-state index in [1.807, 2.05) is 38.1 Å². The average Bonchev–Trinajstić information content (AvgIpc) is 3.07. The largest absolute Gasteiger partial charge is 0.487 e. The number of carbonyl (C=O) groups is 2. The Hall–Kier alpha value is -2.50. The van der Waals surface area contributed by atoms with E-state index in [1.165, 1.54) is 32.4 Å². The number of benzene rings is 1. The Labute approximate surface area is 172 Å². The second kappa shape index (κ2) is 9.81. The van der Waals surface area contributed by atoms with E-state index >= 15 is 0 Å². The molecule has 2 aliphatic rings. The van der Waals surface area contributed by atoms with Crippen LogP contribution in [0.4, 0.5) is 0 Å². The van der Waals surface area contributed by atoms with Gasteiger partial charge in [0.15, 0.2) is 11.5 Å².